The van der Waals surface area contributed by atoms with E-state index in [9.17, 15) is 8.42 Å². The Morgan fingerprint density at radius 3 is 2.95 bits per heavy atom. The van der Waals surface area contributed by atoms with Gasteiger partial charge in [0.1, 0.15) is 17.0 Å². The molecule has 0 aliphatic heterocycles. The van der Waals surface area contributed by atoms with Crippen LogP contribution in [0, 0.1) is 0 Å². The number of nitrogens with one attached hydrogen (secondary N) is 3. The van der Waals surface area contributed by atoms with Crippen molar-refractivity contribution in [2.45, 2.75) is 17.9 Å². The Balaban J connectivity index is 2.02. The summed E-state index contributed by atoms with van der Waals surface area (Å²) in [6.07, 6.45) is 1.85. The van der Waals surface area contributed by atoms with E-state index in [0.717, 1.165) is 4.88 Å². The molecule has 2 aromatic rings. The molecule has 0 aliphatic carbocycles. The van der Waals surface area contributed by atoms with Gasteiger partial charge in [-0.25, -0.2) is 18.1 Å². The van der Waals surface area contributed by atoms with Gasteiger partial charge >= 0.3 is 0 Å². The van der Waals surface area contributed by atoms with Crippen LogP contribution in [0.5, 0.6) is 0 Å². The molecule has 2 heterocycles. The number of aromatic amines is 1. The molecule has 0 atom stereocenters. The number of hydrogen-bond donors (Lipinski definition) is 3. The van der Waals surface area contributed by atoms with Crippen molar-refractivity contribution in [2.75, 3.05) is 13.6 Å². The van der Waals surface area contributed by atoms with Crippen LogP contribution in [-0.4, -0.2) is 37.2 Å². The zero-order valence-electron chi connectivity index (χ0n) is 10.7. The van der Waals surface area contributed by atoms with Gasteiger partial charge in [-0.15, -0.1) is 11.3 Å². The molecule has 0 fully saturated rings. The first-order valence-electron chi connectivity index (χ1n) is 5.79. The summed E-state index contributed by atoms with van der Waals surface area (Å²) < 4.78 is 27.6. The summed E-state index contributed by atoms with van der Waals surface area (Å²) >= 11 is 4.70. The van der Waals surface area contributed by atoms with Crippen LogP contribution in [0.15, 0.2) is 21.1 Å². The van der Waals surface area contributed by atoms with Crippen molar-refractivity contribution in [1.29, 1.82) is 0 Å². The molecule has 0 aromatic carbocycles. The number of thiophene rings is 1. The fourth-order valence-corrected chi connectivity index (χ4v) is 5.30. The molecule has 2 aromatic heterocycles. The fourth-order valence-electron chi connectivity index (χ4n) is 1.58. The monoisotopic (exact) mass is 379 g/mol. The molecular formula is C10H14BrN5O2S2. The van der Waals surface area contributed by atoms with E-state index in [1.54, 1.807) is 6.07 Å². The Kier molecular flexibility index (Phi) is 5.27. The first-order chi connectivity index (χ1) is 9.53. The number of hydrogen-bond acceptors (Lipinski definition) is 6. The highest BCUT2D eigenvalue weighted by atomic mass is 79.9. The highest BCUT2D eigenvalue weighted by Crippen LogP contribution is 2.31. The van der Waals surface area contributed by atoms with Gasteiger partial charge in [-0.3, -0.25) is 5.10 Å². The van der Waals surface area contributed by atoms with Gasteiger partial charge in [0.05, 0.1) is 3.79 Å². The van der Waals surface area contributed by atoms with E-state index in [2.05, 4.69) is 41.2 Å². The number of H-pyrrole nitrogens is 1. The average molecular weight is 380 g/mol. The minimum Gasteiger partial charge on any atom is -0.315 e. The molecule has 0 aliphatic rings. The SMILES string of the molecule is CNCc1cc(S(=O)(=O)NCCc2ncn[nH]2)c(Br)s1. The lowest BCUT2D eigenvalue weighted by Crippen LogP contribution is -2.26. The second-order valence-electron chi connectivity index (χ2n) is 3.96. The van der Waals surface area contributed by atoms with Crippen LogP contribution < -0.4 is 10.0 Å². The summed E-state index contributed by atoms with van der Waals surface area (Å²) in [5.41, 5.74) is 0. The van der Waals surface area contributed by atoms with Crippen molar-refractivity contribution in [2.24, 2.45) is 0 Å². The van der Waals surface area contributed by atoms with Gasteiger partial charge in [0, 0.05) is 24.4 Å². The summed E-state index contributed by atoms with van der Waals surface area (Å²) in [5, 5.41) is 9.38. The summed E-state index contributed by atoms with van der Waals surface area (Å²) in [6, 6.07) is 1.67. The van der Waals surface area contributed by atoms with Crippen molar-refractivity contribution in [1.82, 2.24) is 25.2 Å². The molecule has 0 bridgehead atoms. The van der Waals surface area contributed by atoms with Crippen molar-refractivity contribution in [3.05, 3.63) is 26.9 Å². The van der Waals surface area contributed by atoms with E-state index < -0.39 is 10.0 Å². The van der Waals surface area contributed by atoms with Gasteiger partial charge < -0.3 is 5.32 Å². The van der Waals surface area contributed by atoms with Crippen molar-refractivity contribution in [3.8, 4) is 0 Å². The molecule has 2 rings (SSSR count). The summed E-state index contributed by atoms with van der Waals surface area (Å²) in [7, 11) is -1.70. The van der Waals surface area contributed by atoms with E-state index in [0.29, 0.717) is 22.6 Å². The highest BCUT2D eigenvalue weighted by Gasteiger charge is 2.20. The lowest BCUT2D eigenvalue weighted by atomic mass is 10.4. The number of rotatable bonds is 7. The molecule has 110 valence electrons. The maximum Gasteiger partial charge on any atom is 0.242 e. The number of nitrogens with zero attached hydrogens (tertiary/aromatic N) is 2. The van der Waals surface area contributed by atoms with E-state index in [4.69, 9.17) is 0 Å². The topological polar surface area (TPSA) is 99.8 Å². The standard InChI is InChI=1S/C10H14BrN5O2S2/c1-12-5-7-4-8(10(11)19-7)20(17,18)15-3-2-9-13-6-14-16-9/h4,6,12,15H,2-3,5H2,1H3,(H,13,14,16). The Morgan fingerprint density at radius 1 is 1.50 bits per heavy atom. The molecule has 0 saturated carbocycles. The molecule has 10 heteroatoms. The van der Waals surface area contributed by atoms with Crippen molar-refractivity contribution >= 4 is 37.3 Å². The molecule has 0 saturated heterocycles. The van der Waals surface area contributed by atoms with Crippen LogP contribution in [0.3, 0.4) is 0 Å². The minimum absolute atomic E-state index is 0.265. The average Bonchev–Trinajstić information content (AvgIpc) is 2.99. The zero-order valence-corrected chi connectivity index (χ0v) is 13.9. The van der Waals surface area contributed by atoms with Crippen LogP contribution in [0.4, 0.5) is 0 Å². The number of halogens is 1. The largest absolute Gasteiger partial charge is 0.315 e. The molecule has 3 N–H and O–H groups in total. The summed E-state index contributed by atoms with van der Waals surface area (Å²) in [4.78, 5) is 5.16. The van der Waals surface area contributed by atoms with Gasteiger partial charge in [0.25, 0.3) is 0 Å². The molecule has 0 amide bonds. The lowest BCUT2D eigenvalue weighted by Gasteiger charge is -2.04. The van der Waals surface area contributed by atoms with Crippen LogP contribution >= 0.6 is 27.3 Å². The van der Waals surface area contributed by atoms with Gasteiger partial charge in [0.15, 0.2) is 0 Å². The summed E-state index contributed by atoms with van der Waals surface area (Å²) in [5.74, 6) is 0.646. The summed E-state index contributed by atoms with van der Waals surface area (Å²) in [6.45, 7) is 0.901. The minimum atomic E-state index is -3.52. The van der Waals surface area contributed by atoms with Crippen molar-refractivity contribution in [3.63, 3.8) is 0 Å². The van der Waals surface area contributed by atoms with Gasteiger partial charge in [0.2, 0.25) is 10.0 Å². The Bertz CT molecular complexity index is 653. The molecular weight excluding hydrogens is 366 g/mol. The quantitative estimate of drug-likeness (QED) is 0.662. The van der Waals surface area contributed by atoms with E-state index in [-0.39, 0.29) is 11.4 Å². The van der Waals surface area contributed by atoms with Gasteiger partial charge in [-0.05, 0) is 29.0 Å². The third kappa shape index (κ3) is 3.85. The van der Waals surface area contributed by atoms with E-state index in [1.807, 2.05) is 7.05 Å². The third-order valence-electron chi connectivity index (χ3n) is 2.47. The van der Waals surface area contributed by atoms with Crippen LogP contribution in [0.2, 0.25) is 0 Å². The molecule has 20 heavy (non-hydrogen) atoms. The van der Waals surface area contributed by atoms with Crippen LogP contribution in [-0.2, 0) is 23.0 Å². The fraction of sp³-hybridized carbons (Fsp3) is 0.400. The Morgan fingerprint density at radius 2 is 2.30 bits per heavy atom. The predicted octanol–water partition coefficient (Wildman–Crippen LogP) is 0.869. The number of sulfonamides is 1. The second kappa shape index (κ2) is 6.76. The smallest absolute Gasteiger partial charge is 0.242 e. The Hall–Kier alpha value is -0.810. The maximum atomic E-state index is 12.2. The third-order valence-corrected chi connectivity index (χ3v) is 6.18. The second-order valence-corrected chi connectivity index (χ2v) is 8.15. The maximum absolute atomic E-state index is 12.2. The predicted molar refractivity (Wildman–Crippen MR) is 80.1 cm³/mol. The highest BCUT2D eigenvalue weighted by molar-refractivity contribution is 9.11. The first-order valence-corrected chi connectivity index (χ1v) is 8.89. The lowest BCUT2D eigenvalue weighted by molar-refractivity contribution is 0.580. The first kappa shape index (κ1) is 15.6. The number of aromatic nitrogens is 3. The van der Waals surface area contributed by atoms with Crippen LogP contribution in [0.25, 0.3) is 0 Å². The van der Waals surface area contributed by atoms with E-state index in [1.165, 1.54) is 17.7 Å². The van der Waals surface area contributed by atoms with Crippen LogP contribution in [0.1, 0.15) is 10.7 Å². The van der Waals surface area contributed by atoms with Gasteiger partial charge in [-0.1, -0.05) is 0 Å². The molecule has 0 radical (unpaired) electrons. The van der Waals surface area contributed by atoms with Gasteiger partial charge in [-0.2, -0.15) is 5.10 Å². The normalized spacial score (nSPS) is 11.9. The molecule has 7 nitrogen and oxygen atoms in total. The van der Waals surface area contributed by atoms with E-state index >= 15 is 0 Å². The molecule has 0 spiro atoms. The zero-order chi connectivity index (χ0) is 14.6. The Labute approximate surface area is 129 Å². The molecule has 0 unspecified atom stereocenters. The van der Waals surface area contributed by atoms with Crippen molar-refractivity contribution < 1.29 is 8.42 Å².